The van der Waals surface area contributed by atoms with Crippen LogP contribution in [0.1, 0.15) is 29.9 Å². The molecule has 1 aromatic carbocycles. The first-order chi connectivity index (χ1) is 17.0. The van der Waals surface area contributed by atoms with Gasteiger partial charge in [0.25, 0.3) is 0 Å². The average molecular weight is 470 g/mol. The van der Waals surface area contributed by atoms with Gasteiger partial charge in [-0.25, -0.2) is 14.8 Å². The van der Waals surface area contributed by atoms with E-state index in [1.54, 1.807) is 23.0 Å². The molecule has 6 rings (SSSR count). The third kappa shape index (κ3) is 4.07. The number of imidazole rings is 2. The fourth-order valence-electron chi connectivity index (χ4n) is 4.00. The molecule has 4 heterocycles. The summed E-state index contributed by atoms with van der Waals surface area (Å²) >= 11 is 0. The molecule has 1 saturated carbocycles. The maximum Gasteiger partial charge on any atom is 0.326 e. The molecular formula is C24H23N9O2. The van der Waals surface area contributed by atoms with Crippen LogP contribution in [0.5, 0.6) is 5.88 Å². The maximum absolute atomic E-state index is 11.5. The van der Waals surface area contributed by atoms with Crippen molar-refractivity contribution in [2.24, 2.45) is 4.99 Å². The number of hydrogen-bond acceptors (Lipinski definition) is 7. The van der Waals surface area contributed by atoms with E-state index in [1.807, 2.05) is 31.3 Å². The Labute approximate surface area is 198 Å². The quantitative estimate of drug-likeness (QED) is 0.294. The number of H-pyrrole nitrogens is 2. The summed E-state index contributed by atoms with van der Waals surface area (Å²) in [6.45, 7) is 2.51. The molecule has 0 saturated heterocycles. The van der Waals surface area contributed by atoms with E-state index in [1.165, 1.54) is 0 Å². The lowest BCUT2D eigenvalue weighted by Gasteiger charge is -2.13. The van der Waals surface area contributed by atoms with E-state index in [0.29, 0.717) is 34.8 Å². The van der Waals surface area contributed by atoms with Crippen LogP contribution in [0.25, 0.3) is 17.4 Å². The molecule has 4 aromatic heterocycles. The highest BCUT2D eigenvalue weighted by atomic mass is 16.3. The second-order valence-electron chi connectivity index (χ2n) is 8.51. The predicted molar refractivity (Wildman–Crippen MR) is 129 cm³/mol. The van der Waals surface area contributed by atoms with Crippen molar-refractivity contribution in [3.05, 3.63) is 87.2 Å². The Morgan fingerprint density at radius 2 is 2.14 bits per heavy atom. The first-order valence-corrected chi connectivity index (χ1v) is 11.3. The summed E-state index contributed by atoms with van der Waals surface area (Å²) in [5.74, 6) is 1.32. The van der Waals surface area contributed by atoms with Gasteiger partial charge in [-0.05, 0) is 37.5 Å². The van der Waals surface area contributed by atoms with Crippen LogP contribution >= 0.6 is 0 Å². The lowest BCUT2D eigenvalue weighted by atomic mass is 10.1. The first-order valence-electron chi connectivity index (χ1n) is 11.3. The topological polar surface area (TPSA) is 141 Å². The van der Waals surface area contributed by atoms with Crippen LogP contribution in [-0.4, -0.2) is 45.3 Å². The second-order valence-corrected chi connectivity index (χ2v) is 8.51. The van der Waals surface area contributed by atoms with Gasteiger partial charge in [-0.15, -0.1) is 0 Å². The molecule has 0 spiro atoms. The third-order valence-electron chi connectivity index (χ3n) is 5.91. The monoisotopic (exact) mass is 469 g/mol. The zero-order valence-electron chi connectivity index (χ0n) is 18.9. The summed E-state index contributed by atoms with van der Waals surface area (Å²) < 4.78 is 3.73. The number of aromatic nitrogens is 7. The highest BCUT2D eigenvalue weighted by Gasteiger charge is 2.20. The van der Waals surface area contributed by atoms with Gasteiger partial charge in [-0.3, -0.25) is 9.98 Å². The fourth-order valence-corrected chi connectivity index (χ4v) is 4.00. The van der Waals surface area contributed by atoms with Gasteiger partial charge < -0.3 is 20.0 Å². The van der Waals surface area contributed by atoms with Crippen LogP contribution in [0.4, 0.5) is 5.82 Å². The normalized spacial score (nSPS) is 14.8. The minimum atomic E-state index is -0.489. The van der Waals surface area contributed by atoms with E-state index in [9.17, 15) is 9.90 Å². The third-order valence-corrected chi connectivity index (χ3v) is 5.91. The Bertz CT molecular complexity index is 1720. The standard InChI is InChI=1S/C24H23N9O2/c1-14-25-8-9-32(14)19-5-3-2-4-15(19)12-26-20-11-21(28-17-6-7-17)33-22(30-20)16(13-27-33)10-18-23(34)31-24(35)29-18/h2-5,8-11,13,17,26,34H,6-7,12H2,1H3,(H2,29,31,35)/b16-10+,28-21?. The van der Waals surface area contributed by atoms with Gasteiger partial charge in [0.1, 0.15) is 17.3 Å². The molecule has 5 aromatic rings. The van der Waals surface area contributed by atoms with E-state index >= 15 is 0 Å². The number of hydrogen-bond donors (Lipinski definition) is 4. The zero-order chi connectivity index (χ0) is 23.9. The molecular weight excluding hydrogens is 446 g/mol. The summed E-state index contributed by atoms with van der Waals surface area (Å²) in [5.41, 5.74) is 3.17. The summed E-state index contributed by atoms with van der Waals surface area (Å²) in [7, 11) is 0. The molecule has 1 aliphatic carbocycles. The lowest BCUT2D eigenvalue weighted by Crippen LogP contribution is -2.20. The van der Waals surface area contributed by atoms with Crippen molar-refractivity contribution in [2.75, 3.05) is 5.32 Å². The largest absolute Gasteiger partial charge is 0.493 e. The van der Waals surface area contributed by atoms with Crippen molar-refractivity contribution in [1.82, 2.24) is 34.1 Å². The van der Waals surface area contributed by atoms with Crippen molar-refractivity contribution in [1.29, 1.82) is 0 Å². The molecule has 0 amide bonds. The number of aromatic amines is 2. The SMILES string of the molecule is Cc1nccn1-c1ccccc1CNc1cc(=NC2CC2)n2nc/c(=C\c3[nH]c(=O)[nH]c3O)c2n1. The fraction of sp³-hybridized carbons (Fsp3) is 0.208. The molecule has 0 radical (unpaired) electrons. The number of aromatic hydroxyl groups is 1. The van der Waals surface area contributed by atoms with Crippen LogP contribution in [0.3, 0.4) is 0 Å². The number of aryl methyl sites for hydroxylation is 1. The van der Waals surface area contributed by atoms with Crippen LogP contribution < -0.4 is 21.7 Å². The minimum absolute atomic E-state index is 0.238. The Morgan fingerprint density at radius 1 is 1.29 bits per heavy atom. The van der Waals surface area contributed by atoms with Crippen LogP contribution in [0, 0.1) is 6.92 Å². The van der Waals surface area contributed by atoms with Gasteiger partial charge in [0.05, 0.1) is 17.9 Å². The van der Waals surface area contributed by atoms with E-state index in [4.69, 9.17) is 9.98 Å². The highest BCUT2D eigenvalue weighted by molar-refractivity contribution is 5.58. The molecule has 1 fully saturated rings. The molecule has 1 aliphatic rings. The molecule has 35 heavy (non-hydrogen) atoms. The Hall–Kier alpha value is -4.67. The van der Waals surface area contributed by atoms with Crippen LogP contribution in [-0.2, 0) is 6.54 Å². The number of benzene rings is 1. The zero-order valence-corrected chi connectivity index (χ0v) is 18.9. The number of fused-ring (bicyclic) bond motifs is 1. The average Bonchev–Trinajstić information content (AvgIpc) is 3.26. The second kappa shape index (κ2) is 8.28. The van der Waals surface area contributed by atoms with Gasteiger partial charge >= 0.3 is 5.69 Å². The number of para-hydroxylation sites is 1. The lowest BCUT2D eigenvalue weighted by molar-refractivity contribution is 0.454. The first kappa shape index (κ1) is 20.9. The molecule has 176 valence electrons. The van der Waals surface area contributed by atoms with Gasteiger partial charge in [-0.1, -0.05) is 18.2 Å². The summed E-state index contributed by atoms with van der Waals surface area (Å²) in [6, 6.07) is 10.3. The van der Waals surface area contributed by atoms with Crippen molar-refractivity contribution in [3.63, 3.8) is 0 Å². The van der Waals surface area contributed by atoms with E-state index in [0.717, 1.165) is 29.9 Å². The smallest absolute Gasteiger partial charge is 0.326 e. The van der Waals surface area contributed by atoms with E-state index in [2.05, 4.69) is 42.1 Å². The number of rotatable bonds is 6. The van der Waals surface area contributed by atoms with Crippen molar-refractivity contribution in [2.45, 2.75) is 32.4 Å². The van der Waals surface area contributed by atoms with E-state index < -0.39 is 5.69 Å². The molecule has 11 nitrogen and oxygen atoms in total. The molecule has 0 atom stereocenters. The van der Waals surface area contributed by atoms with E-state index in [-0.39, 0.29) is 11.6 Å². The Balaban J connectivity index is 1.41. The summed E-state index contributed by atoms with van der Waals surface area (Å²) in [5, 5.41) is 18.5. The van der Waals surface area contributed by atoms with Gasteiger partial charge in [-0.2, -0.15) is 9.61 Å². The van der Waals surface area contributed by atoms with Crippen molar-refractivity contribution < 1.29 is 5.11 Å². The number of anilines is 1. The minimum Gasteiger partial charge on any atom is -0.493 e. The maximum atomic E-state index is 11.5. The van der Waals surface area contributed by atoms with Crippen LogP contribution in [0.15, 0.2) is 58.7 Å². The summed E-state index contributed by atoms with van der Waals surface area (Å²) in [6.07, 6.45) is 9.12. The van der Waals surface area contributed by atoms with Gasteiger partial charge in [0.15, 0.2) is 11.1 Å². The van der Waals surface area contributed by atoms with Gasteiger partial charge in [0, 0.05) is 30.2 Å². The highest BCUT2D eigenvalue weighted by Crippen LogP contribution is 2.22. The number of nitrogens with one attached hydrogen (secondary N) is 3. The van der Waals surface area contributed by atoms with Crippen molar-refractivity contribution >= 4 is 17.5 Å². The van der Waals surface area contributed by atoms with Crippen LogP contribution in [0.2, 0.25) is 0 Å². The molecule has 0 bridgehead atoms. The molecule has 0 unspecified atom stereocenters. The van der Waals surface area contributed by atoms with Gasteiger partial charge in [0.2, 0.25) is 5.88 Å². The van der Waals surface area contributed by atoms with Crippen molar-refractivity contribution in [3.8, 4) is 11.6 Å². The molecule has 0 aliphatic heterocycles. The number of nitrogens with zero attached hydrogens (tertiary/aromatic N) is 6. The Kier molecular flexibility index (Phi) is 4.94. The molecule has 4 N–H and O–H groups in total. The Morgan fingerprint density at radius 3 is 2.89 bits per heavy atom. The summed E-state index contributed by atoms with van der Waals surface area (Å²) in [4.78, 5) is 30.3. The molecule has 11 heteroatoms. The predicted octanol–water partition coefficient (Wildman–Crippen LogP) is 1.17.